The van der Waals surface area contributed by atoms with Crippen LogP contribution in [0.3, 0.4) is 0 Å². The summed E-state index contributed by atoms with van der Waals surface area (Å²) < 4.78 is 14.1. The van der Waals surface area contributed by atoms with Gasteiger partial charge in [0.05, 0.1) is 4.47 Å². The molecule has 1 N–H and O–H groups in total. The van der Waals surface area contributed by atoms with Gasteiger partial charge in [0.15, 0.2) is 0 Å². The lowest BCUT2D eigenvalue weighted by atomic mass is 9.83. The van der Waals surface area contributed by atoms with Crippen molar-refractivity contribution in [2.24, 2.45) is 5.41 Å². The van der Waals surface area contributed by atoms with Crippen LogP contribution in [0.4, 0.5) is 4.39 Å². The summed E-state index contributed by atoms with van der Waals surface area (Å²) in [4.78, 5) is 0. The molecule has 1 aromatic rings. The summed E-state index contributed by atoms with van der Waals surface area (Å²) in [6, 6.07) is 5.79. The minimum atomic E-state index is -0.168. The van der Waals surface area contributed by atoms with Crippen LogP contribution >= 0.6 is 15.9 Å². The van der Waals surface area contributed by atoms with E-state index in [-0.39, 0.29) is 11.2 Å². The highest BCUT2D eigenvalue weighted by molar-refractivity contribution is 9.10. The first kappa shape index (κ1) is 17.6. The summed E-state index contributed by atoms with van der Waals surface area (Å²) >= 11 is 3.34. The standard InChI is InChI=1S/C17H27BrFN/c1-5-12-20-15(17(2,3)4)11-7-9-13-8-6-10-14(19)16(13)18/h6,8,10,15,20H,5,7,9,11-12H2,1-4H3. The van der Waals surface area contributed by atoms with Crippen molar-refractivity contribution in [1.29, 1.82) is 0 Å². The van der Waals surface area contributed by atoms with Crippen LogP contribution in [0, 0.1) is 11.2 Å². The normalized spacial score (nSPS) is 13.5. The largest absolute Gasteiger partial charge is 0.313 e. The monoisotopic (exact) mass is 343 g/mol. The van der Waals surface area contributed by atoms with E-state index in [4.69, 9.17) is 0 Å². The average Bonchev–Trinajstić information content (AvgIpc) is 2.37. The Balaban J connectivity index is 2.54. The molecule has 1 atom stereocenters. The molecule has 1 rings (SSSR count). The Morgan fingerprint density at radius 1 is 1.30 bits per heavy atom. The van der Waals surface area contributed by atoms with E-state index in [1.807, 2.05) is 6.07 Å². The van der Waals surface area contributed by atoms with E-state index < -0.39 is 0 Å². The first-order valence-electron chi connectivity index (χ1n) is 7.52. The summed E-state index contributed by atoms with van der Waals surface area (Å²) in [5, 5.41) is 3.64. The Morgan fingerprint density at radius 3 is 2.60 bits per heavy atom. The summed E-state index contributed by atoms with van der Waals surface area (Å²) in [6.07, 6.45) is 4.26. The number of rotatable bonds is 7. The van der Waals surface area contributed by atoms with Crippen molar-refractivity contribution in [3.05, 3.63) is 34.1 Å². The lowest BCUT2D eigenvalue weighted by Gasteiger charge is -2.32. The van der Waals surface area contributed by atoms with E-state index in [0.29, 0.717) is 10.5 Å². The molecule has 0 aliphatic heterocycles. The van der Waals surface area contributed by atoms with E-state index in [9.17, 15) is 4.39 Å². The van der Waals surface area contributed by atoms with Gasteiger partial charge in [-0.1, -0.05) is 39.8 Å². The average molecular weight is 344 g/mol. The van der Waals surface area contributed by atoms with Gasteiger partial charge in [-0.2, -0.15) is 0 Å². The Morgan fingerprint density at radius 2 is 2.00 bits per heavy atom. The third-order valence-corrected chi connectivity index (χ3v) is 4.54. The summed E-state index contributed by atoms with van der Waals surface area (Å²) in [5.74, 6) is -0.168. The molecule has 0 saturated heterocycles. The van der Waals surface area contributed by atoms with Crippen molar-refractivity contribution in [2.45, 2.75) is 59.4 Å². The van der Waals surface area contributed by atoms with E-state index in [2.05, 4.69) is 48.9 Å². The second-order valence-corrected chi connectivity index (χ2v) is 7.27. The molecule has 0 heterocycles. The number of halogens is 2. The second-order valence-electron chi connectivity index (χ2n) is 6.48. The van der Waals surface area contributed by atoms with E-state index in [1.54, 1.807) is 6.07 Å². The molecule has 3 heteroatoms. The molecule has 0 aliphatic rings. The Labute approximate surface area is 131 Å². The highest BCUT2D eigenvalue weighted by Gasteiger charge is 2.23. The van der Waals surface area contributed by atoms with Gasteiger partial charge in [-0.05, 0) is 65.2 Å². The van der Waals surface area contributed by atoms with Gasteiger partial charge in [0, 0.05) is 6.04 Å². The molecule has 114 valence electrons. The van der Waals surface area contributed by atoms with Gasteiger partial charge >= 0.3 is 0 Å². The molecule has 0 aromatic heterocycles. The van der Waals surface area contributed by atoms with Crippen molar-refractivity contribution in [3.63, 3.8) is 0 Å². The maximum absolute atomic E-state index is 13.5. The fourth-order valence-corrected chi connectivity index (χ4v) is 2.86. The Hall–Kier alpha value is -0.410. The molecule has 1 unspecified atom stereocenters. The Bertz CT molecular complexity index is 412. The maximum atomic E-state index is 13.5. The lowest BCUT2D eigenvalue weighted by molar-refractivity contribution is 0.251. The SMILES string of the molecule is CCCNC(CCCc1cccc(F)c1Br)C(C)(C)C. The van der Waals surface area contributed by atoms with Crippen molar-refractivity contribution in [2.75, 3.05) is 6.54 Å². The van der Waals surface area contributed by atoms with Crippen LogP contribution < -0.4 is 5.32 Å². The zero-order valence-corrected chi connectivity index (χ0v) is 14.7. The molecule has 0 aliphatic carbocycles. The topological polar surface area (TPSA) is 12.0 Å². The second kappa shape index (κ2) is 8.14. The first-order valence-corrected chi connectivity index (χ1v) is 8.31. The zero-order valence-electron chi connectivity index (χ0n) is 13.1. The molecule has 0 amide bonds. The van der Waals surface area contributed by atoms with Gasteiger partial charge in [0.25, 0.3) is 0 Å². The minimum Gasteiger partial charge on any atom is -0.313 e. The smallest absolute Gasteiger partial charge is 0.137 e. The Kier molecular flexibility index (Phi) is 7.18. The summed E-state index contributed by atoms with van der Waals surface area (Å²) in [7, 11) is 0. The molecule has 1 aromatic carbocycles. The van der Waals surface area contributed by atoms with Crippen LogP contribution in [0.15, 0.2) is 22.7 Å². The highest BCUT2D eigenvalue weighted by Crippen LogP contribution is 2.26. The molecule has 1 nitrogen and oxygen atoms in total. The van der Waals surface area contributed by atoms with Crippen LogP contribution in [0.25, 0.3) is 0 Å². The molecule has 0 spiro atoms. The van der Waals surface area contributed by atoms with E-state index in [0.717, 1.165) is 37.8 Å². The highest BCUT2D eigenvalue weighted by atomic mass is 79.9. The lowest BCUT2D eigenvalue weighted by Crippen LogP contribution is -2.40. The number of hydrogen-bond donors (Lipinski definition) is 1. The predicted octanol–water partition coefficient (Wildman–Crippen LogP) is 5.33. The fourth-order valence-electron chi connectivity index (χ4n) is 2.40. The van der Waals surface area contributed by atoms with Crippen molar-refractivity contribution >= 4 is 15.9 Å². The van der Waals surface area contributed by atoms with Gasteiger partial charge in [-0.25, -0.2) is 4.39 Å². The number of nitrogens with one attached hydrogen (secondary N) is 1. The van der Waals surface area contributed by atoms with Gasteiger partial charge < -0.3 is 5.32 Å². The number of aryl methyl sites for hydroxylation is 1. The fraction of sp³-hybridized carbons (Fsp3) is 0.647. The van der Waals surface area contributed by atoms with Crippen molar-refractivity contribution < 1.29 is 4.39 Å². The van der Waals surface area contributed by atoms with Crippen molar-refractivity contribution in [1.82, 2.24) is 5.32 Å². The molecule has 0 saturated carbocycles. The number of benzene rings is 1. The van der Waals surface area contributed by atoms with Gasteiger partial charge in [0.2, 0.25) is 0 Å². The summed E-state index contributed by atoms with van der Waals surface area (Å²) in [5.41, 5.74) is 1.32. The molecular weight excluding hydrogens is 317 g/mol. The van der Waals surface area contributed by atoms with Crippen LogP contribution in [0.1, 0.15) is 52.5 Å². The van der Waals surface area contributed by atoms with Gasteiger partial charge in [0.1, 0.15) is 5.82 Å². The summed E-state index contributed by atoms with van der Waals surface area (Å²) in [6.45, 7) is 10.1. The quantitative estimate of drug-likeness (QED) is 0.705. The third-order valence-electron chi connectivity index (χ3n) is 3.66. The third kappa shape index (κ3) is 5.53. The molecule has 0 bridgehead atoms. The van der Waals surface area contributed by atoms with Gasteiger partial charge in [-0.3, -0.25) is 0 Å². The predicted molar refractivity (Wildman–Crippen MR) is 88.6 cm³/mol. The molecule has 0 fully saturated rings. The number of hydrogen-bond acceptors (Lipinski definition) is 1. The first-order chi connectivity index (χ1) is 9.36. The maximum Gasteiger partial charge on any atom is 0.137 e. The van der Waals surface area contributed by atoms with Gasteiger partial charge in [-0.15, -0.1) is 0 Å². The zero-order chi connectivity index (χ0) is 15.2. The van der Waals surface area contributed by atoms with E-state index >= 15 is 0 Å². The molecular formula is C17H27BrFN. The van der Waals surface area contributed by atoms with Crippen LogP contribution in [-0.4, -0.2) is 12.6 Å². The van der Waals surface area contributed by atoms with Crippen molar-refractivity contribution in [3.8, 4) is 0 Å². The van der Waals surface area contributed by atoms with Crippen LogP contribution in [-0.2, 0) is 6.42 Å². The van der Waals surface area contributed by atoms with E-state index in [1.165, 1.54) is 6.07 Å². The minimum absolute atomic E-state index is 0.168. The van der Waals surface area contributed by atoms with Crippen LogP contribution in [0.2, 0.25) is 0 Å². The van der Waals surface area contributed by atoms with Crippen LogP contribution in [0.5, 0.6) is 0 Å². The molecule has 20 heavy (non-hydrogen) atoms. The molecule has 0 radical (unpaired) electrons.